The number of rotatable bonds is 8. The molecular formula is C24H38N2. The van der Waals surface area contributed by atoms with Crippen molar-refractivity contribution < 1.29 is 0 Å². The molecule has 3 unspecified atom stereocenters. The van der Waals surface area contributed by atoms with E-state index in [4.69, 9.17) is 0 Å². The van der Waals surface area contributed by atoms with Crippen LogP contribution in [0, 0.1) is 16.7 Å². The highest BCUT2D eigenvalue weighted by molar-refractivity contribution is 5.46. The zero-order valence-corrected chi connectivity index (χ0v) is 17.4. The highest BCUT2D eigenvalue weighted by atomic mass is 14.9. The summed E-state index contributed by atoms with van der Waals surface area (Å²) in [6.07, 6.45) is 16.6. The molecule has 1 saturated carbocycles. The quantitative estimate of drug-likeness (QED) is 0.560. The van der Waals surface area contributed by atoms with Gasteiger partial charge in [0.15, 0.2) is 0 Å². The van der Waals surface area contributed by atoms with E-state index in [2.05, 4.69) is 82.8 Å². The SMILES string of the molecule is C=CCNC(/C=C/NC1C=C2C(=CC1C)C(C)(C)CCC2(C)C)CC=C. The largest absolute Gasteiger partial charge is 0.384 e. The molecule has 1 fully saturated rings. The van der Waals surface area contributed by atoms with Crippen molar-refractivity contribution in [3.63, 3.8) is 0 Å². The summed E-state index contributed by atoms with van der Waals surface area (Å²) in [7, 11) is 0. The first-order valence-corrected chi connectivity index (χ1v) is 10.0. The van der Waals surface area contributed by atoms with Crippen molar-refractivity contribution in [3.05, 3.63) is 60.9 Å². The summed E-state index contributed by atoms with van der Waals surface area (Å²) >= 11 is 0. The summed E-state index contributed by atoms with van der Waals surface area (Å²) in [5.41, 5.74) is 3.67. The third-order valence-electron chi connectivity index (χ3n) is 6.03. The van der Waals surface area contributed by atoms with Gasteiger partial charge in [-0.3, -0.25) is 0 Å². The molecule has 0 aromatic carbocycles. The van der Waals surface area contributed by atoms with Gasteiger partial charge in [-0.05, 0) is 53.4 Å². The Kier molecular flexibility index (Phi) is 6.74. The van der Waals surface area contributed by atoms with Crippen molar-refractivity contribution in [1.82, 2.24) is 10.6 Å². The van der Waals surface area contributed by atoms with E-state index in [1.807, 2.05) is 12.2 Å². The Morgan fingerprint density at radius 2 is 1.69 bits per heavy atom. The fraction of sp³-hybridized carbons (Fsp3) is 0.583. The van der Waals surface area contributed by atoms with Gasteiger partial charge in [0, 0.05) is 12.6 Å². The van der Waals surface area contributed by atoms with E-state index >= 15 is 0 Å². The highest BCUT2D eigenvalue weighted by Crippen LogP contribution is 2.53. The minimum absolute atomic E-state index is 0.266. The molecule has 0 heterocycles. The van der Waals surface area contributed by atoms with Gasteiger partial charge in [-0.2, -0.15) is 0 Å². The third-order valence-corrected chi connectivity index (χ3v) is 6.03. The van der Waals surface area contributed by atoms with Gasteiger partial charge in [0.05, 0.1) is 6.04 Å². The monoisotopic (exact) mass is 354 g/mol. The van der Waals surface area contributed by atoms with Crippen molar-refractivity contribution in [2.75, 3.05) is 6.54 Å². The predicted octanol–water partition coefficient (Wildman–Crippen LogP) is 5.53. The molecule has 2 aliphatic carbocycles. The van der Waals surface area contributed by atoms with Crippen LogP contribution in [-0.2, 0) is 0 Å². The maximum absolute atomic E-state index is 3.86. The van der Waals surface area contributed by atoms with E-state index in [1.165, 1.54) is 12.8 Å². The molecule has 2 nitrogen and oxygen atoms in total. The first-order chi connectivity index (χ1) is 12.2. The fourth-order valence-corrected chi connectivity index (χ4v) is 4.08. The summed E-state index contributed by atoms with van der Waals surface area (Å²) < 4.78 is 0. The Morgan fingerprint density at radius 1 is 1.08 bits per heavy atom. The summed E-state index contributed by atoms with van der Waals surface area (Å²) in [6, 6.07) is 0.641. The molecule has 0 amide bonds. The zero-order chi connectivity index (χ0) is 19.4. The zero-order valence-electron chi connectivity index (χ0n) is 17.4. The molecule has 2 aliphatic rings. The van der Waals surface area contributed by atoms with Crippen molar-refractivity contribution >= 4 is 0 Å². The van der Waals surface area contributed by atoms with Gasteiger partial charge < -0.3 is 10.6 Å². The van der Waals surface area contributed by atoms with Crippen LogP contribution in [-0.4, -0.2) is 18.6 Å². The molecule has 0 aliphatic heterocycles. The first kappa shape index (κ1) is 20.8. The van der Waals surface area contributed by atoms with Crippen molar-refractivity contribution in [3.8, 4) is 0 Å². The Labute approximate surface area is 161 Å². The van der Waals surface area contributed by atoms with Crippen LogP contribution in [0.1, 0.15) is 53.9 Å². The molecule has 0 spiro atoms. The second-order valence-corrected chi connectivity index (χ2v) is 9.17. The van der Waals surface area contributed by atoms with Crippen LogP contribution in [0.3, 0.4) is 0 Å². The Morgan fingerprint density at radius 3 is 2.27 bits per heavy atom. The van der Waals surface area contributed by atoms with Crippen LogP contribution in [0.2, 0.25) is 0 Å². The van der Waals surface area contributed by atoms with Gasteiger partial charge in [0.1, 0.15) is 0 Å². The minimum atomic E-state index is 0.266. The molecule has 2 rings (SSSR count). The van der Waals surface area contributed by atoms with E-state index in [9.17, 15) is 0 Å². The molecule has 2 heteroatoms. The lowest BCUT2D eigenvalue weighted by Gasteiger charge is -2.47. The van der Waals surface area contributed by atoms with Crippen molar-refractivity contribution in [2.45, 2.75) is 66.0 Å². The van der Waals surface area contributed by atoms with Crippen LogP contribution >= 0.6 is 0 Å². The van der Waals surface area contributed by atoms with Crippen LogP contribution in [0.4, 0.5) is 0 Å². The summed E-state index contributed by atoms with van der Waals surface area (Å²) in [4.78, 5) is 0. The third kappa shape index (κ3) is 4.79. The van der Waals surface area contributed by atoms with Gasteiger partial charge in [-0.1, -0.05) is 65.0 Å². The predicted molar refractivity (Wildman–Crippen MR) is 115 cm³/mol. The van der Waals surface area contributed by atoms with Gasteiger partial charge >= 0.3 is 0 Å². The average molecular weight is 355 g/mol. The number of allylic oxidation sites excluding steroid dienone is 2. The molecule has 26 heavy (non-hydrogen) atoms. The first-order valence-electron chi connectivity index (χ1n) is 10.0. The number of hydrogen-bond acceptors (Lipinski definition) is 2. The van der Waals surface area contributed by atoms with E-state index in [-0.39, 0.29) is 5.41 Å². The summed E-state index contributed by atoms with van der Waals surface area (Å²) in [6.45, 7) is 20.3. The van der Waals surface area contributed by atoms with Crippen LogP contribution in [0.25, 0.3) is 0 Å². The lowest BCUT2D eigenvalue weighted by Crippen LogP contribution is -2.39. The fourth-order valence-electron chi connectivity index (χ4n) is 4.08. The smallest absolute Gasteiger partial charge is 0.0505 e. The molecule has 0 bridgehead atoms. The summed E-state index contributed by atoms with van der Waals surface area (Å²) in [5.74, 6) is 0.491. The molecule has 0 saturated heterocycles. The van der Waals surface area contributed by atoms with Gasteiger partial charge in [-0.25, -0.2) is 0 Å². The lowest BCUT2D eigenvalue weighted by molar-refractivity contribution is 0.252. The molecule has 0 radical (unpaired) electrons. The molecule has 0 aromatic heterocycles. The van der Waals surface area contributed by atoms with E-state index in [1.54, 1.807) is 11.1 Å². The second kappa shape index (κ2) is 8.43. The van der Waals surface area contributed by atoms with Gasteiger partial charge in [0.2, 0.25) is 0 Å². The Hall–Kier alpha value is -1.54. The van der Waals surface area contributed by atoms with Crippen LogP contribution in [0.15, 0.2) is 60.9 Å². The van der Waals surface area contributed by atoms with E-state index < -0.39 is 0 Å². The molecular weight excluding hydrogens is 316 g/mol. The minimum Gasteiger partial charge on any atom is -0.384 e. The van der Waals surface area contributed by atoms with Crippen LogP contribution < -0.4 is 10.6 Å². The van der Waals surface area contributed by atoms with Gasteiger partial charge in [0.25, 0.3) is 0 Å². The topological polar surface area (TPSA) is 24.1 Å². The number of nitrogens with one attached hydrogen (secondary N) is 2. The molecule has 2 N–H and O–H groups in total. The van der Waals surface area contributed by atoms with E-state index in [0.29, 0.717) is 23.4 Å². The van der Waals surface area contributed by atoms with Crippen LogP contribution in [0.5, 0.6) is 0 Å². The molecule has 0 aromatic rings. The second-order valence-electron chi connectivity index (χ2n) is 9.17. The van der Waals surface area contributed by atoms with Crippen molar-refractivity contribution in [1.29, 1.82) is 0 Å². The molecule has 3 atom stereocenters. The Balaban J connectivity index is 2.12. The molecule has 144 valence electrons. The number of hydrogen-bond donors (Lipinski definition) is 2. The Bertz CT molecular complexity index is 604. The summed E-state index contributed by atoms with van der Waals surface area (Å²) in [5, 5.41) is 7.08. The standard InChI is InChI=1S/C24H38N2/c1-8-10-19(25-14-9-2)11-15-26-22-17-21-20(16-18(22)3)23(4,5)12-13-24(21,6)7/h8-9,11,15-19,22,25-26H,1-2,10,12-14H2,3-7H3/b15-11+. The normalized spacial score (nSPS) is 27.9. The maximum atomic E-state index is 3.86. The number of fused-ring (bicyclic) bond motifs is 1. The highest BCUT2D eigenvalue weighted by Gasteiger charge is 2.42. The van der Waals surface area contributed by atoms with E-state index in [0.717, 1.165) is 13.0 Å². The maximum Gasteiger partial charge on any atom is 0.0505 e. The lowest BCUT2D eigenvalue weighted by atomic mass is 9.58. The van der Waals surface area contributed by atoms with Gasteiger partial charge in [-0.15, -0.1) is 13.2 Å². The van der Waals surface area contributed by atoms with Crippen molar-refractivity contribution in [2.24, 2.45) is 16.7 Å². The average Bonchev–Trinajstić information content (AvgIpc) is 2.58.